The molecule has 1 heterocycles. The van der Waals surface area contributed by atoms with Crippen LogP contribution in [-0.4, -0.2) is 25.8 Å². The van der Waals surface area contributed by atoms with Crippen molar-refractivity contribution in [1.82, 2.24) is 5.32 Å². The van der Waals surface area contributed by atoms with Gasteiger partial charge in [0, 0.05) is 13.2 Å². The average Bonchev–Trinajstić information content (AvgIpc) is 2.47. The normalized spacial score (nSPS) is 31.1. The highest BCUT2D eigenvalue weighted by atomic mass is 16.5. The van der Waals surface area contributed by atoms with Crippen LogP contribution in [0.4, 0.5) is 0 Å². The van der Waals surface area contributed by atoms with E-state index in [-0.39, 0.29) is 0 Å². The third kappa shape index (κ3) is 2.46. The van der Waals surface area contributed by atoms with Crippen molar-refractivity contribution in [3.8, 4) is 0 Å². The molecule has 2 atom stereocenters. The van der Waals surface area contributed by atoms with E-state index in [1.807, 2.05) is 0 Å². The summed E-state index contributed by atoms with van der Waals surface area (Å²) in [7, 11) is 0. The summed E-state index contributed by atoms with van der Waals surface area (Å²) in [5.41, 5.74) is 0. The van der Waals surface area contributed by atoms with Gasteiger partial charge in [0.25, 0.3) is 0 Å². The van der Waals surface area contributed by atoms with Gasteiger partial charge in [-0.3, -0.25) is 0 Å². The molecular weight excluding hydrogens is 138 g/mol. The first-order valence-corrected chi connectivity index (χ1v) is 4.70. The Balaban J connectivity index is 2.20. The summed E-state index contributed by atoms with van der Waals surface area (Å²) in [6.07, 6.45) is 2.93. The molecule has 1 fully saturated rings. The predicted molar refractivity (Wildman–Crippen MR) is 46.7 cm³/mol. The van der Waals surface area contributed by atoms with Crippen LogP contribution in [0.3, 0.4) is 0 Å². The molecule has 11 heavy (non-hydrogen) atoms. The number of hydrogen-bond donors (Lipinski definition) is 1. The van der Waals surface area contributed by atoms with Crippen molar-refractivity contribution in [2.24, 2.45) is 5.92 Å². The molecule has 2 unspecified atom stereocenters. The predicted octanol–water partition coefficient (Wildman–Crippen LogP) is 1.41. The summed E-state index contributed by atoms with van der Waals surface area (Å²) in [6.45, 7) is 7.53. The van der Waals surface area contributed by atoms with Crippen LogP contribution >= 0.6 is 0 Å². The van der Waals surface area contributed by atoms with Gasteiger partial charge in [0.2, 0.25) is 0 Å². The highest BCUT2D eigenvalue weighted by Crippen LogP contribution is 2.22. The van der Waals surface area contributed by atoms with Crippen molar-refractivity contribution in [2.45, 2.75) is 32.8 Å². The first kappa shape index (κ1) is 9.01. The number of nitrogens with one attached hydrogen (secondary N) is 1. The monoisotopic (exact) mass is 157 g/mol. The fourth-order valence-corrected chi connectivity index (χ4v) is 1.71. The minimum atomic E-state index is 0.522. The third-order valence-electron chi connectivity index (χ3n) is 2.41. The van der Waals surface area contributed by atoms with Gasteiger partial charge in [0.15, 0.2) is 0 Å². The zero-order valence-electron chi connectivity index (χ0n) is 7.60. The second-order valence-electron chi connectivity index (χ2n) is 3.17. The van der Waals surface area contributed by atoms with Crippen LogP contribution in [-0.2, 0) is 4.74 Å². The summed E-state index contributed by atoms with van der Waals surface area (Å²) >= 11 is 0. The van der Waals surface area contributed by atoms with E-state index in [1.54, 1.807) is 0 Å². The van der Waals surface area contributed by atoms with Crippen LogP contribution < -0.4 is 5.32 Å². The Labute approximate surface area is 69.3 Å². The largest absolute Gasteiger partial charge is 0.378 e. The zero-order chi connectivity index (χ0) is 8.10. The summed E-state index contributed by atoms with van der Waals surface area (Å²) < 4.78 is 5.57. The summed E-state index contributed by atoms with van der Waals surface area (Å²) in [6, 6.07) is 0. The van der Waals surface area contributed by atoms with Gasteiger partial charge >= 0.3 is 0 Å². The lowest BCUT2D eigenvalue weighted by Crippen LogP contribution is -2.27. The van der Waals surface area contributed by atoms with Crippen molar-refractivity contribution >= 4 is 0 Å². The molecule has 1 N–H and O–H groups in total. The Morgan fingerprint density at radius 3 is 2.91 bits per heavy atom. The zero-order valence-corrected chi connectivity index (χ0v) is 7.60. The molecule has 0 amide bonds. The lowest BCUT2D eigenvalue weighted by molar-refractivity contribution is 0.0874. The fraction of sp³-hybridized carbons (Fsp3) is 1.00. The number of hydrogen-bond acceptors (Lipinski definition) is 2. The quantitative estimate of drug-likeness (QED) is 0.666. The van der Waals surface area contributed by atoms with Crippen LogP contribution in [0.15, 0.2) is 0 Å². The second-order valence-corrected chi connectivity index (χ2v) is 3.17. The molecule has 1 aliphatic rings. The molecule has 0 saturated carbocycles. The van der Waals surface area contributed by atoms with Crippen LogP contribution in [0.1, 0.15) is 26.7 Å². The first-order valence-electron chi connectivity index (χ1n) is 4.70. The van der Waals surface area contributed by atoms with Crippen molar-refractivity contribution < 1.29 is 4.74 Å². The molecule has 0 aromatic heterocycles. The fourth-order valence-electron chi connectivity index (χ4n) is 1.71. The lowest BCUT2D eigenvalue weighted by Gasteiger charge is -2.16. The molecule has 0 bridgehead atoms. The molecule has 0 aromatic rings. The van der Waals surface area contributed by atoms with E-state index < -0.39 is 0 Å². The van der Waals surface area contributed by atoms with Gasteiger partial charge in [-0.15, -0.1) is 0 Å². The van der Waals surface area contributed by atoms with E-state index in [1.165, 1.54) is 6.42 Å². The molecule has 1 saturated heterocycles. The van der Waals surface area contributed by atoms with Gasteiger partial charge < -0.3 is 10.1 Å². The maximum Gasteiger partial charge on any atom is 0.0613 e. The molecule has 2 heteroatoms. The minimum absolute atomic E-state index is 0.522. The van der Waals surface area contributed by atoms with Crippen LogP contribution in [0.2, 0.25) is 0 Å². The van der Waals surface area contributed by atoms with Crippen molar-refractivity contribution in [3.63, 3.8) is 0 Å². The van der Waals surface area contributed by atoms with Crippen molar-refractivity contribution in [1.29, 1.82) is 0 Å². The molecular formula is C9H19NO. The van der Waals surface area contributed by atoms with Crippen molar-refractivity contribution in [2.75, 3.05) is 19.7 Å². The van der Waals surface area contributed by atoms with Gasteiger partial charge in [-0.1, -0.05) is 13.8 Å². The highest BCUT2D eigenvalue weighted by Gasteiger charge is 2.25. The molecule has 2 nitrogen and oxygen atoms in total. The highest BCUT2D eigenvalue weighted by molar-refractivity contribution is 4.76. The maximum absolute atomic E-state index is 5.57. The number of ether oxygens (including phenoxy) is 1. The standard InChI is InChI=1S/C9H19NO/c1-3-9-8(5-6-11-9)7-10-4-2/h8-10H,3-7H2,1-2H3. The van der Waals surface area contributed by atoms with Crippen LogP contribution in [0.25, 0.3) is 0 Å². The molecule has 66 valence electrons. The van der Waals surface area contributed by atoms with Crippen LogP contribution in [0.5, 0.6) is 0 Å². The van der Waals surface area contributed by atoms with E-state index in [4.69, 9.17) is 4.74 Å². The number of rotatable bonds is 4. The van der Waals surface area contributed by atoms with Crippen LogP contribution in [0, 0.1) is 5.92 Å². The Bertz CT molecular complexity index is 106. The molecule has 0 spiro atoms. The Hall–Kier alpha value is -0.0800. The van der Waals surface area contributed by atoms with Gasteiger partial charge in [-0.25, -0.2) is 0 Å². The molecule has 0 aromatic carbocycles. The van der Waals surface area contributed by atoms with Gasteiger partial charge in [-0.2, -0.15) is 0 Å². The molecule has 1 aliphatic heterocycles. The smallest absolute Gasteiger partial charge is 0.0613 e. The Morgan fingerprint density at radius 2 is 2.27 bits per heavy atom. The SMILES string of the molecule is CCNCC1CCOC1CC. The van der Waals surface area contributed by atoms with Gasteiger partial charge in [-0.05, 0) is 25.3 Å². The summed E-state index contributed by atoms with van der Waals surface area (Å²) in [5, 5.41) is 3.37. The Morgan fingerprint density at radius 1 is 1.45 bits per heavy atom. The topological polar surface area (TPSA) is 21.3 Å². The van der Waals surface area contributed by atoms with E-state index >= 15 is 0 Å². The van der Waals surface area contributed by atoms with E-state index in [2.05, 4.69) is 19.2 Å². The van der Waals surface area contributed by atoms with Gasteiger partial charge in [0.05, 0.1) is 6.10 Å². The third-order valence-corrected chi connectivity index (χ3v) is 2.41. The van der Waals surface area contributed by atoms with Gasteiger partial charge in [0.1, 0.15) is 0 Å². The van der Waals surface area contributed by atoms with Crippen molar-refractivity contribution in [3.05, 3.63) is 0 Å². The molecule has 1 rings (SSSR count). The molecule has 0 aliphatic carbocycles. The summed E-state index contributed by atoms with van der Waals surface area (Å²) in [4.78, 5) is 0. The summed E-state index contributed by atoms with van der Waals surface area (Å²) in [5.74, 6) is 0.764. The first-order chi connectivity index (χ1) is 5.38. The lowest BCUT2D eigenvalue weighted by atomic mass is 10.00. The average molecular weight is 157 g/mol. The maximum atomic E-state index is 5.57. The molecule has 0 radical (unpaired) electrons. The van der Waals surface area contributed by atoms with E-state index in [9.17, 15) is 0 Å². The Kier molecular flexibility index (Phi) is 3.87. The van der Waals surface area contributed by atoms with E-state index in [0.717, 1.165) is 32.0 Å². The second kappa shape index (κ2) is 4.73. The van der Waals surface area contributed by atoms with E-state index in [0.29, 0.717) is 6.10 Å². The minimum Gasteiger partial charge on any atom is -0.378 e.